The maximum Gasteiger partial charge on any atom is 0.258 e. The molecule has 3 rings (SSSR count). The van der Waals surface area contributed by atoms with Crippen LogP contribution in [-0.2, 0) is 6.42 Å². The van der Waals surface area contributed by atoms with Crippen LogP contribution in [0.1, 0.15) is 15.9 Å². The second-order valence-electron chi connectivity index (χ2n) is 4.64. The van der Waals surface area contributed by atoms with Crippen molar-refractivity contribution in [2.24, 2.45) is 0 Å². The molecule has 20 heavy (non-hydrogen) atoms. The van der Waals surface area contributed by atoms with E-state index in [1.807, 2.05) is 18.2 Å². The standard InChI is InChI=1S/C15H10Br2FNO/c16-11-1-2-14-9(5-11)3-4-19(14)15(20)10-6-12(17)8-13(18)7-10/h1-2,5-8H,3-4H2. The van der Waals surface area contributed by atoms with Crippen LogP contribution >= 0.6 is 31.9 Å². The van der Waals surface area contributed by atoms with E-state index in [4.69, 9.17) is 0 Å². The third-order valence-electron chi connectivity index (χ3n) is 3.29. The summed E-state index contributed by atoms with van der Waals surface area (Å²) in [6.07, 6.45) is 0.816. The monoisotopic (exact) mass is 397 g/mol. The van der Waals surface area contributed by atoms with Crippen LogP contribution in [0.5, 0.6) is 0 Å². The average molecular weight is 399 g/mol. The minimum absolute atomic E-state index is 0.175. The van der Waals surface area contributed by atoms with Gasteiger partial charge in [-0.05, 0) is 48.4 Å². The largest absolute Gasteiger partial charge is 0.308 e. The van der Waals surface area contributed by atoms with Crippen LogP contribution in [0.4, 0.5) is 10.1 Å². The first-order valence-electron chi connectivity index (χ1n) is 6.11. The van der Waals surface area contributed by atoms with E-state index in [0.717, 1.165) is 22.1 Å². The van der Waals surface area contributed by atoms with E-state index in [1.54, 1.807) is 11.0 Å². The third kappa shape index (κ3) is 2.52. The molecule has 0 atom stereocenters. The van der Waals surface area contributed by atoms with Crippen LogP contribution in [-0.4, -0.2) is 12.5 Å². The second kappa shape index (κ2) is 5.30. The summed E-state index contributed by atoms with van der Waals surface area (Å²) >= 11 is 6.64. The van der Waals surface area contributed by atoms with Gasteiger partial charge in [0.1, 0.15) is 5.82 Å². The number of hydrogen-bond donors (Lipinski definition) is 0. The van der Waals surface area contributed by atoms with Crippen molar-refractivity contribution in [3.05, 3.63) is 62.3 Å². The molecule has 0 unspecified atom stereocenters. The Morgan fingerprint density at radius 3 is 2.65 bits per heavy atom. The average Bonchev–Trinajstić information content (AvgIpc) is 2.79. The van der Waals surface area contributed by atoms with E-state index in [0.29, 0.717) is 16.6 Å². The number of carbonyl (C=O) groups excluding carboxylic acids is 1. The molecule has 0 aliphatic carbocycles. The van der Waals surface area contributed by atoms with Crippen LogP contribution < -0.4 is 4.90 Å². The van der Waals surface area contributed by atoms with Crippen molar-refractivity contribution in [2.75, 3.05) is 11.4 Å². The summed E-state index contributed by atoms with van der Waals surface area (Å²) < 4.78 is 15.0. The zero-order chi connectivity index (χ0) is 14.3. The number of fused-ring (bicyclic) bond motifs is 1. The highest BCUT2D eigenvalue weighted by molar-refractivity contribution is 9.10. The minimum Gasteiger partial charge on any atom is -0.308 e. The smallest absolute Gasteiger partial charge is 0.258 e. The molecule has 0 aromatic heterocycles. The number of hydrogen-bond acceptors (Lipinski definition) is 1. The van der Waals surface area contributed by atoms with E-state index >= 15 is 0 Å². The Morgan fingerprint density at radius 1 is 1.10 bits per heavy atom. The van der Waals surface area contributed by atoms with Gasteiger partial charge in [-0.15, -0.1) is 0 Å². The van der Waals surface area contributed by atoms with Gasteiger partial charge in [0.25, 0.3) is 5.91 Å². The molecule has 0 spiro atoms. The Balaban J connectivity index is 1.97. The highest BCUT2D eigenvalue weighted by atomic mass is 79.9. The second-order valence-corrected chi connectivity index (χ2v) is 6.47. The molecule has 0 saturated carbocycles. The molecule has 2 aromatic rings. The molecule has 0 N–H and O–H groups in total. The number of rotatable bonds is 1. The summed E-state index contributed by atoms with van der Waals surface area (Å²) in [6, 6.07) is 10.1. The van der Waals surface area contributed by atoms with E-state index in [-0.39, 0.29) is 5.91 Å². The van der Waals surface area contributed by atoms with Crippen LogP contribution in [0.3, 0.4) is 0 Å². The number of anilines is 1. The van der Waals surface area contributed by atoms with Gasteiger partial charge in [0.05, 0.1) is 0 Å². The predicted molar refractivity (Wildman–Crippen MR) is 83.6 cm³/mol. The van der Waals surface area contributed by atoms with Gasteiger partial charge < -0.3 is 4.90 Å². The maximum absolute atomic E-state index is 13.4. The Bertz CT molecular complexity index is 682. The summed E-state index contributed by atoms with van der Waals surface area (Å²) in [5, 5.41) is 0. The SMILES string of the molecule is O=C(c1cc(F)cc(Br)c1)N1CCc2cc(Br)ccc21. The maximum atomic E-state index is 13.4. The van der Waals surface area contributed by atoms with Gasteiger partial charge in [0, 0.05) is 26.7 Å². The van der Waals surface area contributed by atoms with E-state index in [2.05, 4.69) is 31.9 Å². The highest BCUT2D eigenvalue weighted by Crippen LogP contribution is 2.32. The first-order valence-corrected chi connectivity index (χ1v) is 7.69. The van der Waals surface area contributed by atoms with Crippen molar-refractivity contribution >= 4 is 43.5 Å². The molecule has 102 valence electrons. The van der Waals surface area contributed by atoms with Crippen molar-refractivity contribution in [2.45, 2.75) is 6.42 Å². The Morgan fingerprint density at radius 2 is 1.90 bits per heavy atom. The molecular formula is C15H10Br2FNO. The molecular weight excluding hydrogens is 389 g/mol. The van der Waals surface area contributed by atoms with E-state index in [9.17, 15) is 9.18 Å². The lowest BCUT2D eigenvalue weighted by atomic mass is 10.1. The van der Waals surface area contributed by atoms with Crippen molar-refractivity contribution in [1.29, 1.82) is 0 Å². The molecule has 1 aliphatic heterocycles. The van der Waals surface area contributed by atoms with Gasteiger partial charge in [0.2, 0.25) is 0 Å². The van der Waals surface area contributed by atoms with Crippen LogP contribution in [0.25, 0.3) is 0 Å². The van der Waals surface area contributed by atoms with Gasteiger partial charge in [-0.3, -0.25) is 4.79 Å². The zero-order valence-corrected chi connectivity index (χ0v) is 13.5. The summed E-state index contributed by atoms with van der Waals surface area (Å²) in [6.45, 7) is 0.624. The van der Waals surface area contributed by atoms with Crippen molar-refractivity contribution in [3.8, 4) is 0 Å². The summed E-state index contributed by atoms with van der Waals surface area (Å²) in [5.74, 6) is -0.593. The van der Waals surface area contributed by atoms with Crippen molar-refractivity contribution in [3.63, 3.8) is 0 Å². The first kappa shape index (κ1) is 13.8. The van der Waals surface area contributed by atoms with Crippen LogP contribution in [0, 0.1) is 5.82 Å². The van der Waals surface area contributed by atoms with E-state index < -0.39 is 5.82 Å². The van der Waals surface area contributed by atoms with Crippen LogP contribution in [0.2, 0.25) is 0 Å². The Hall–Kier alpha value is -1.20. The molecule has 0 saturated heterocycles. The highest BCUT2D eigenvalue weighted by Gasteiger charge is 2.26. The number of amides is 1. The van der Waals surface area contributed by atoms with Gasteiger partial charge in [-0.25, -0.2) is 4.39 Å². The summed E-state index contributed by atoms with van der Waals surface area (Å²) in [5.41, 5.74) is 2.38. The molecule has 2 aromatic carbocycles. The van der Waals surface area contributed by atoms with Crippen molar-refractivity contribution < 1.29 is 9.18 Å². The summed E-state index contributed by atoms with van der Waals surface area (Å²) in [4.78, 5) is 14.2. The lowest BCUT2D eigenvalue weighted by Crippen LogP contribution is -2.28. The molecule has 0 radical (unpaired) electrons. The Kier molecular flexibility index (Phi) is 3.65. The molecule has 5 heteroatoms. The molecule has 2 nitrogen and oxygen atoms in total. The molecule has 0 fully saturated rings. The first-order chi connectivity index (χ1) is 9.54. The minimum atomic E-state index is -0.419. The Labute approximate surface area is 132 Å². The number of nitrogens with zero attached hydrogens (tertiary/aromatic N) is 1. The van der Waals surface area contributed by atoms with Crippen LogP contribution in [0.15, 0.2) is 45.3 Å². The van der Waals surface area contributed by atoms with Gasteiger partial charge in [-0.1, -0.05) is 31.9 Å². The fourth-order valence-corrected chi connectivity index (χ4v) is 3.29. The zero-order valence-electron chi connectivity index (χ0n) is 10.4. The molecule has 0 bridgehead atoms. The van der Waals surface area contributed by atoms with E-state index in [1.165, 1.54) is 12.1 Å². The lowest BCUT2D eigenvalue weighted by Gasteiger charge is -2.17. The molecule has 1 amide bonds. The third-order valence-corrected chi connectivity index (χ3v) is 4.24. The van der Waals surface area contributed by atoms with Gasteiger partial charge in [0.15, 0.2) is 0 Å². The lowest BCUT2D eigenvalue weighted by molar-refractivity contribution is 0.0989. The number of benzene rings is 2. The predicted octanol–water partition coefficient (Wildman–Crippen LogP) is 4.55. The van der Waals surface area contributed by atoms with Gasteiger partial charge in [-0.2, -0.15) is 0 Å². The molecule has 1 heterocycles. The fourth-order valence-electron chi connectivity index (χ4n) is 2.41. The molecule has 1 aliphatic rings. The van der Waals surface area contributed by atoms with Crippen molar-refractivity contribution in [1.82, 2.24) is 0 Å². The topological polar surface area (TPSA) is 20.3 Å². The van der Waals surface area contributed by atoms with Gasteiger partial charge >= 0.3 is 0 Å². The fraction of sp³-hybridized carbons (Fsp3) is 0.133. The number of halogens is 3. The summed E-state index contributed by atoms with van der Waals surface area (Å²) in [7, 11) is 0. The number of carbonyl (C=O) groups is 1. The normalized spacial score (nSPS) is 13.4. The quantitative estimate of drug-likeness (QED) is 0.689.